The number of allylic oxidation sites excluding steroid dienone is 16. The lowest BCUT2D eigenvalue weighted by atomic mass is 9.41. The van der Waals surface area contributed by atoms with E-state index in [1.807, 2.05) is 33.8 Å². The molecule has 0 N–H and O–H groups in total. The molecule has 0 heteroatoms. The molecule has 0 amide bonds. The van der Waals surface area contributed by atoms with Crippen LogP contribution in [0.1, 0.15) is 136 Å². The van der Waals surface area contributed by atoms with Crippen LogP contribution in [-0.2, 0) is 0 Å². The van der Waals surface area contributed by atoms with Gasteiger partial charge in [0.2, 0.25) is 0 Å². The maximum absolute atomic E-state index is 4.92. The Morgan fingerprint density at radius 1 is 0.915 bits per heavy atom. The summed E-state index contributed by atoms with van der Waals surface area (Å²) in [6.07, 6.45) is 16.5. The van der Waals surface area contributed by atoms with Crippen LogP contribution < -0.4 is 0 Å². The highest BCUT2D eigenvalue weighted by molar-refractivity contribution is 5.68. The summed E-state index contributed by atoms with van der Waals surface area (Å²) in [5.41, 5.74) is 14.7. The minimum atomic E-state index is -0.139. The molecule has 0 heterocycles. The predicted octanol–water partition coefficient (Wildman–Crippen LogP) is 15.4. The Morgan fingerprint density at radius 2 is 1.47 bits per heavy atom. The van der Waals surface area contributed by atoms with E-state index in [9.17, 15) is 0 Å². The van der Waals surface area contributed by atoms with E-state index >= 15 is 0 Å². The van der Waals surface area contributed by atoms with Crippen LogP contribution >= 0.6 is 0 Å². The van der Waals surface area contributed by atoms with Crippen molar-refractivity contribution < 1.29 is 0 Å². The van der Waals surface area contributed by atoms with Crippen LogP contribution in [0.25, 0.3) is 0 Å². The quantitative estimate of drug-likeness (QED) is 0.174. The van der Waals surface area contributed by atoms with Gasteiger partial charge in [0, 0.05) is 5.41 Å². The molecule has 0 saturated carbocycles. The highest BCUT2D eigenvalue weighted by Crippen LogP contribution is 2.70. The predicted molar refractivity (Wildman–Crippen MR) is 218 cm³/mol. The van der Waals surface area contributed by atoms with E-state index in [-0.39, 0.29) is 16.2 Å². The second kappa shape index (κ2) is 18.6. The molecule has 0 fully saturated rings. The number of rotatable bonds is 9. The zero-order valence-electron chi connectivity index (χ0n) is 33.8. The van der Waals surface area contributed by atoms with Gasteiger partial charge in [-0.2, -0.15) is 0 Å². The third-order valence-electron chi connectivity index (χ3n) is 10.7. The van der Waals surface area contributed by atoms with Crippen LogP contribution in [-0.4, -0.2) is 0 Å². The molecule has 0 spiro atoms. The zero-order valence-corrected chi connectivity index (χ0v) is 33.8. The van der Waals surface area contributed by atoms with Crippen molar-refractivity contribution in [3.63, 3.8) is 0 Å². The molecule has 0 nitrogen and oxygen atoms in total. The molecule has 0 radical (unpaired) electrons. The molecule has 0 bridgehead atoms. The summed E-state index contributed by atoms with van der Waals surface area (Å²) in [5, 5.41) is 0. The standard InChI is InChI=1S/C41H58.2C2H6.C2H4/c1-16-18-19-28(7)20-21-34(17-2)30(9)37-31(10)38-33(12)41(15)32(11)36(27(5)6)29(8)23-40(41,14)25-39(38,13)24-35(37)22-26(3)4;3*1-2/h16-18,20-21,26,28H,2,5,10-11,19,22-25H2,1,3-4,6-9,12-15H3;2*1-2H3;1-2H2/b18-16-,21-20+,34-30+;;;. The van der Waals surface area contributed by atoms with E-state index in [2.05, 4.69) is 127 Å². The van der Waals surface area contributed by atoms with Crippen molar-refractivity contribution in [3.05, 3.63) is 131 Å². The van der Waals surface area contributed by atoms with Crippen molar-refractivity contribution in [1.82, 2.24) is 0 Å². The Balaban J connectivity index is 0.00000333. The normalized spacial score (nSPS) is 26.8. The first-order valence-electron chi connectivity index (χ1n) is 18.3. The third-order valence-corrected chi connectivity index (χ3v) is 10.7. The molecule has 3 aliphatic carbocycles. The highest BCUT2D eigenvalue weighted by atomic mass is 14.6. The van der Waals surface area contributed by atoms with Gasteiger partial charge < -0.3 is 0 Å². The minimum absolute atomic E-state index is 0.0515. The summed E-state index contributed by atoms with van der Waals surface area (Å²) < 4.78 is 0. The second-order valence-corrected chi connectivity index (χ2v) is 14.7. The van der Waals surface area contributed by atoms with Crippen molar-refractivity contribution >= 4 is 0 Å². The fourth-order valence-electron chi connectivity index (χ4n) is 8.90. The lowest BCUT2D eigenvalue weighted by Crippen LogP contribution is -2.52. The maximum atomic E-state index is 4.92. The molecule has 3 rings (SSSR count). The molecule has 0 aliphatic heterocycles. The Labute approximate surface area is 294 Å². The third kappa shape index (κ3) is 8.79. The number of hydrogen-bond donors (Lipinski definition) is 0. The molecule has 262 valence electrons. The molecule has 3 aliphatic rings. The molecule has 0 aromatic carbocycles. The van der Waals surface area contributed by atoms with Crippen molar-refractivity contribution in [2.45, 2.75) is 136 Å². The van der Waals surface area contributed by atoms with E-state index in [1.165, 1.54) is 50.2 Å². The van der Waals surface area contributed by atoms with Gasteiger partial charge in [-0.1, -0.05) is 148 Å². The minimum Gasteiger partial charge on any atom is -0.106 e. The first kappa shape index (κ1) is 44.1. The van der Waals surface area contributed by atoms with Gasteiger partial charge in [-0.15, -0.1) is 13.2 Å². The highest BCUT2D eigenvalue weighted by Gasteiger charge is 2.59. The fourth-order valence-corrected chi connectivity index (χ4v) is 8.90. The molecule has 47 heavy (non-hydrogen) atoms. The SMILES string of the molecule is C=C.C=CC(/C=C/C(C)C/C=C\C)=C(/C)C1=C(CC(C)C)CC2(C)CC3(C)CC(C)=C(C(=C)C)C(=C)C3(C)C(C)=C2C1=C.CC.CC. The summed E-state index contributed by atoms with van der Waals surface area (Å²) >= 11 is 0. The Morgan fingerprint density at radius 3 is 1.94 bits per heavy atom. The lowest BCUT2D eigenvalue weighted by molar-refractivity contribution is 0.0521. The monoisotopic (exact) mass is 639 g/mol. The van der Waals surface area contributed by atoms with Crippen LogP contribution in [0.3, 0.4) is 0 Å². The van der Waals surface area contributed by atoms with E-state index in [0.29, 0.717) is 11.8 Å². The van der Waals surface area contributed by atoms with Crippen LogP contribution in [0.15, 0.2) is 131 Å². The summed E-state index contributed by atoms with van der Waals surface area (Å²) in [7, 11) is 0. The van der Waals surface area contributed by atoms with Gasteiger partial charge in [-0.3, -0.25) is 0 Å². The van der Waals surface area contributed by atoms with Crippen molar-refractivity contribution in [3.8, 4) is 0 Å². The molecule has 4 unspecified atom stereocenters. The molecule has 0 saturated heterocycles. The van der Waals surface area contributed by atoms with Gasteiger partial charge >= 0.3 is 0 Å². The number of fused-ring (bicyclic) bond motifs is 2. The van der Waals surface area contributed by atoms with Crippen LogP contribution in [0.4, 0.5) is 0 Å². The summed E-state index contributed by atoms with van der Waals surface area (Å²) in [4.78, 5) is 0. The fraction of sp³-hybridized carbons (Fsp3) is 0.532. The summed E-state index contributed by atoms with van der Waals surface area (Å²) in [6.45, 7) is 58.0. The molecule has 0 aromatic rings. The smallest absolute Gasteiger partial charge is 0.0194 e. The van der Waals surface area contributed by atoms with Gasteiger partial charge in [0.05, 0.1) is 0 Å². The van der Waals surface area contributed by atoms with E-state index in [1.54, 1.807) is 5.57 Å². The average molecular weight is 639 g/mol. The zero-order chi connectivity index (χ0) is 37.1. The molecule has 4 atom stereocenters. The molecular formula is C47H74. The molecular weight excluding hydrogens is 565 g/mol. The van der Waals surface area contributed by atoms with Gasteiger partial charge in [-0.05, 0) is 128 Å². The van der Waals surface area contributed by atoms with Crippen LogP contribution in [0.2, 0.25) is 0 Å². The van der Waals surface area contributed by atoms with Gasteiger partial charge in [0.1, 0.15) is 0 Å². The molecule has 0 aromatic heterocycles. The van der Waals surface area contributed by atoms with E-state index in [4.69, 9.17) is 13.2 Å². The van der Waals surface area contributed by atoms with Crippen LogP contribution in [0.5, 0.6) is 0 Å². The van der Waals surface area contributed by atoms with E-state index in [0.717, 1.165) is 37.7 Å². The number of hydrogen-bond acceptors (Lipinski definition) is 0. The van der Waals surface area contributed by atoms with Crippen molar-refractivity contribution in [2.24, 2.45) is 28.1 Å². The Kier molecular flexibility index (Phi) is 17.5. The first-order chi connectivity index (χ1) is 22.0. The second-order valence-electron chi connectivity index (χ2n) is 14.7. The first-order valence-corrected chi connectivity index (χ1v) is 18.3. The topological polar surface area (TPSA) is 0 Å². The van der Waals surface area contributed by atoms with Gasteiger partial charge in [-0.25, -0.2) is 0 Å². The Hall–Kier alpha value is -2.86. The lowest BCUT2D eigenvalue weighted by Gasteiger charge is -2.62. The van der Waals surface area contributed by atoms with Gasteiger partial charge in [0.15, 0.2) is 0 Å². The summed E-state index contributed by atoms with van der Waals surface area (Å²) in [6, 6.07) is 0. The van der Waals surface area contributed by atoms with Gasteiger partial charge in [0.25, 0.3) is 0 Å². The largest absolute Gasteiger partial charge is 0.106 e. The van der Waals surface area contributed by atoms with Crippen LogP contribution in [0, 0.1) is 28.1 Å². The average Bonchev–Trinajstić information content (AvgIpc) is 3.00. The Bertz CT molecular complexity index is 1350. The maximum Gasteiger partial charge on any atom is 0.0194 e. The summed E-state index contributed by atoms with van der Waals surface area (Å²) in [5.74, 6) is 1.06. The van der Waals surface area contributed by atoms with Crippen molar-refractivity contribution in [2.75, 3.05) is 0 Å². The van der Waals surface area contributed by atoms with E-state index < -0.39 is 0 Å². The van der Waals surface area contributed by atoms with Crippen molar-refractivity contribution in [1.29, 1.82) is 0 Å².